The van der Waals surface area contributed by atoms with Gasteiger partial charge in [-0.15, -0.1) is 0 Å². The Balaban J connectivity index is 2.10. The summed E-state index contributed by atoms with van der Waals surface area (Å²) in [6, 6.07) is 16.0. The van der Waals surface area contributed by atoms with E-state index in [9.17, 15) is 4.79 Å². The average molecular weight is 266 g/mol. The van der Waals surface area contributed by atoms with Gasteiger partial charge in [-0.25, -0.2) is 0 Å². The fourth-order valence-electron chi connectivity index (χ4n) is 1.80. The van der Waals surface area contributed by atoms with Crippen molar-refractivity contribution in [2.75, 3.05) is 12.4 Å². The van der Waals surface area contributed by atoms with Gasteiger partial charge in [-0.1, -0.05) is 12.1 Å². The largest absolute Gasteiger partial charge is 0.380 e. The van der Waals surface area contributed by atoms with Crippen molar-refractivity contribution in [1.29, 1.82) is 5.26 Å². The van der Waals surface area contributed by atoms with Crippen LogP contribution in [0.25, 0.3) is 0 Å². The molecule has 100 valence electrons. The molecule has 0 spiro atoms. The molecule has 1 N–H and O–H groups in total. The zero-order chi connectivity index (χ0) is 14.4. The Hall–Kier alpha value is -2.64. The first kappa shape index (κ1) is 13.8. The van der Waals surface area contributed by atoms with Gasteiger partial charge in [0.15, 0.2) is 0 Å². The van der Waals surface area contributed by atoms with Crippen LogP contribution in [0, 0.1) is 11.3 Å². The first-order chi connectivity index (χ1) is 9.72. The van der Waals surface area contributed by atoms with Gasteiger partial charge < -0.3 is 10.1 Å². The van der Waals surface area contributed by atoms with E-state index in [-0.39, 0.29) is 5.91 Å². The molecule has 0 aliphatic rings. The lowest BCUT2D eigenvalue weighted by Gasteiger charge is -2.07. The van der Waals surface area contributed by atoms with Crippen molar-refractivity contribution in [1.82, 2.24) is 0 Å². The first-order valence-corrected chi connectivity index (χ1v) is 6.12. The normalized spacial score (nSPS) is 9.80. The highest BCUT2D eigenvalue weighted by molar-refractivity contribution is 6.04. The van der Waals surface area contributed by atoms with Gasteiger partial charge in [0.1, 0.15) is 0 Å². The van der Waals surface area contributed by atoms with E-state index in [2.05, 4.69) is 5.32 Å². The van der Waals surface area contributed by atoms with Crippen LogP contribution in [0.1, 0.15) is 21.5 Å². The second-order valence-corrected chi connectivity index (χ2v) is 4.28. The zero-order valence-corrected chi connectivity index (χ0v) is 11.1. The Bertz CT molecular complexity index is 642. The minimum Gasteiger partial charge on any atom is -0.380 e. The highest BCUT2D eigenvalue weighted by atomic mass is 16.5. The van der Waals surface area contributed by atoms with Crippen LogP contribution in [-0.2, 0) is 11.3 Å². The smallest absolute Gasteiger partial charge is 0.255 e. The number of benzene rings is 2. The molecule has 0 saturated heterocycles. The van der Waals surface area contributed by atoms with Crippen molar-refractivity contribution in [3.8, 4) is 6.07 Å². The van der Waals surface area contributed by atoms with E-state index in [1.165, 1.54) is 0 Å². The first-order valence-electron chi connectivity index (χ1n) is 6.12. The third kappa shape index (κ3) is 3.44. The molecule has 0 bridgehead atoms. The number of hydrogen-bond acceptors (Lipinski definition) is 3. The van der Waals surface area contributed by atoms with Gasteiger partial charge in [0.2, 0.25) is 0 Å². The summed E-state index contributed by atoms with van der Waals surface area (Å²) in [6.07, 6.45) is 0. The van der Waals surface area contributed by atoms with Crippen molar-refractivity contribution in [3.05, 3.63) is 65.2 Å². The van der Waals surface area contributed by atoms with Crippen molar-refractivity contribution in [2.24, 2.45) is 0 Å². The maximum atomic E-state index is 12.1. The fraction of sp³-hybridized carbons (Fsp3) is 0.125. The Morgan fingerprint density at radius 2 is 2.00 bits per heavy atom. The minimum atomic E-state index is -0.205. The molecule has 4 heteroatoms. The number of nitrogens with one attached hydrogen (secondary N) is 1. The number of amides is 1. The number of ether oxygens (including phenoxy) is 1. The molecule has 0 aromatic heterocycles. The van der Waals surface area contributed by atoms with Gasteiger partial charge in [-0.3, -0.25) is 4.79 Å². The number of anilines is 1. The van der Waals surface area contributed by atoms with Crippen molar-refractivity contribution in [3.63, 3.8) is 0 Å². The molecule has 1 amide bonds. The Morgan fingerprint density at radius 3 is 2.65 bits per heavy atom. The van der Waals surface area contributed by atoms with Crippen LogP contribution in [0.2, 0.25) is 0 Å². The van der Waals surface area contributed by atoms with Crippen LogP contribution >= 0.6 is 0 Å². The van der Waals surface area contributed by atoms with Crippen LogP contribution < -0.4 is 5.32 Å². The van der Waals surface area contributed by atoms with Crippen molar-refractivity contribution in [2.45, 2.75) is 6.61 Å². The lowest BCUT2D eigenvalue weighted by atomic mass is 10.1. The molecule has 0 unspecified atom stereocenters. The lowest BCUT2D eigenvalue weighted by Crippen LogP contribution is -2.11. The molecule has 0 saturated carbocycles. The van der Waals surface area contributed by atoms with E-state index >= 15 is 0 Å². The summed E-state index contributed by atoms with van der Waals surface area (Å²) in [7, 11) is 1.63. The number of rotatable bonds is 4. The van der Waals surface area contributed by atoms with Crippen LogP contribution in [0.15, 0.2) is 48.5 Å². The number of carbonyl (C=O) groups excluding carboxylic acids is 1. The third-order valence-electron chi connectivity index (χ3n) is 2.77. The zero-order valence-electron chi connectivity index (χ0n) is 11.1. The summed E-state index contributed by atoms with van der Waals surface area (Å²) in [5.41, 5.74) is 2.75. The van der Waals surface area contributed by atoms with Crippen molar-refractivity contribution < 1.29 is 9.53 Å². The molecule has 0 aliphatic heterocycles. The summed E-state index contributed by atoms with van der Waals surface area (Å²) in [6.45, 7) is 0.501. The van der Waals surface area contributed by atoms with E-state index in [4.69, 9.17) is 10.00 Å². The van der Waals surface area contributed by atoms with Gasteiger partial charge in [0.25, 0.3) is 5.91 Å². The molecule has 2 aromatic rings. The molecule has 0 heterocycles. The molecular formula is C16H14N2O2. The molecule has 20 heavy (non-hydrogen) atoms. The van der Waals surface area contributed by atoms with E-state index in [0.717, 1.165) is 5.56 Å². The Morgan fingerprint density at radius 1 is 1.25 bits per heavy atom. The lowest BCUT2D eigenvalue weighted by molar-refractivity contribution is 0.102. The summed E-state index contributed by atoms with van der Waals surface area (Å²) < 4.78 is 5.05. The molecule has 0 aliphatic carbocycles. The number of nitriles is 1. The van der Waals surface area contributed by atoms with Crippen molar-refractivity contribution >= 4 is 11.6 Å². The monoisotopic (exact) mass is 266 g/mol. The van der Waals surface area contributed by atoms with E-state index < -0.39 is 0 Å². The predicted molar refractivity (Wildman–Crippen MR) is 76.3 cm³/mol. The minimum absolute atomic E-state index is 0.205. The maximum Gasteiger partial charge on any atom is 0.255 e. The molecule has 0 radical (unpaired) electrons. The Kier molecular flexibility index (Phi) is 4.48. The molecule has 0 atom stereocenters. The molecule has 4 nitrogen and oxygen atoms in total. The van der Waals surface area contributed by atoms with Gasteiger partial charge in [-0.2, -0.15) is 5.26 Å². The maximum absolute atomic E-state index is 12.1. The number of carbonyl (C=O) groups is 1. The van der Waals surface area contributed by atoms with E-state index in [1.807, 2.05) is 30.3 Å². The van der Waals surface area contributed by atoms with Gasteiger partial charge in [0, 0.05) is 18.4 Å². The SMILES string of the molecule is COCc1cccc(NC(=O)c2ccc(C#N)cc2)c1. The standard InChI is InChI=1S/C16H14N2O2/c1-20-11-13-3-2-4-15(9-13)18-16(19)14-7-5-12(10-17)6-8-14/h2-9H,11H2,1H3,(H,18,19). The van der Waals surface area contributed by atoms with E-state index in [1.54, 1.807) is 31.4 Å². The molecule has 2 aromatic carbocycles. The summed E-state index contributed by atoms with van der Waals surface area (Å²) >= 11 is 0. The third-order valence-corrected chi connectivity index (χ3v) is 2.77. The number of nitrogens with zero attached hydrogens (tertiary/aromatic N) is 1. The topological polar surface area (TPSA) is 62.1 Å². The summed E-state index contributed by atoms with van der Waals surface area (Å²) in [5.74, 6) is -0.205. The average Bonchev–Trinajstić information content (AvgIpc) is 2.48. The highest BCUT2D eigenvalue weighted by Crippen LogP contribution is 2.13. The highest BCUT2D eigenvalue weighted by Gasteiger charge is 2.06. The quantitative estimate of drug-likeness (QED) is 0.925. The molecular weight excluding hydrogens is 252 g/mol. The molecule has 0 fully saturated rings. The van der Waals surface area contributed by atoms with Crippen LogP contribution in [0.3, 0.4) is 0 Å². The summed E-state index contributed by atoms with van der Waals surface area (Å²) in [5, 5.41) is 11.5. The number of methoxy groups -OCH3 is 1. The molecule has 2 rings (SSSR count). The van der Waals surface area contributed by atoms with Gasteiger partial charge in [0.05, 0.1) is 18.2 Å². The van der Waals surface area contributed by atoms with E-state index in [0.29, 0.717) is 23.4 Å². The fourth-order valence-corrected chi connectivity index (χ4v) is 1.80. The van der Waals surface area contributed by atoms with Gasteiger partial charge in [-0.05, 0) is 42.0 Å². The number of hydrogen-bond donors (Lipinski definition) is 1. The predicted octanol–water partition coefficient (Wildman–Crippen LogP) is 2.96. The van der Waals surface area contributed by atoms with Crippen LogP contribution in [0.4, 0.5) is 5.69 Å². The second-order valence-electron chi connectivity index (χ2n) is 4.28. The van der Waals surface area contributed by atoms with Gasteiger partial charge >= 0.3 is 0 Å². The van der Waals surface area contributed by atoms with Crippen LogP contribution in [-0.4, -0.2) is 13.0 Å². The summed E-state index contributed by atoms with van der Waals surface area (Å²) in [4.78, 5) is 12.1. The Labute approximate surface area is 117 Å². The van der Waals surface area contributed by atoms with Crippen LogP contribution in [0.5, 0.6) is 0 Å². The second kappa shape index (κ2) is 6.50.